The molecule has 0 bridgehead atoms. The fourth-order valence-corrected chi connectivity index (χ4v) is 2.81. The van der Waals surface area contributed by atoms with E-state index in [0.29, 0.717) is 5.92 Å². The Balaban J connectivity index is 1.80. The summed E-state index contributed by atoms with van der Waals surface area (Å²) in [5.74, 6) is 0.316. The van der Waals surface area contributed by atoms with Crippen LogP contribution in [-0.4, -0.2) is 43.3 Å². The molecule has 128 valence electrons. The Kier molecular flexibility index (Phi) is 5.50. The first-order valence-electron chi connectivity index (χ1n) is 8.19. The molecule has 1 aliphatic rings. The highest BCUT2D eigenvalue weighted by Gasteiger charge is 2.27. The Morgan fingerprint density at radius 3 is 2.35 bits per heavy atom. The van der Waals surface area contributed by atoms with Gasteiger partial charge < -0.3 is 14.5 Å². The van der Waals surface area contributed by atoms with Gasteiger partial charge in [0.25, 0.3) is 0 Å². The molecule has 0 atom stereocenters. The summed E-state index contributed by atoms with van der Waals surface area (Å²) in [5.41, 5.74) is 0.567. The average Bonchev–Trinajstić information content (AvgIpc) is 2.46. The SMILES string of the molecule is CN(CC1CCN(C(=O)OC(C)(C)C)CC1)c1ccc(F)cc1. The van der Waals surface area contributed by atoms with E-state index in [0.717, 1.165) is 38.2 Å². The monoisotopic (exact) mass is 322 g/mol. The number of ether oxygens (including phenoxy) is 1. The lowest BCUT2D eigenvalue weighted by Gasteiger charge is -2.35. The van der Waals surface area contributed by atoms with Gasteiger partial charge in [-0.25, -0.2) is 9.18 Å². The maximum absolute atomic E-state index is 13.0. The fraction of sp³-hybridized carbons (Fsp3) is 0.611. The molecule has 1 aliphatic heterocycles. The molecule has 1 aromatic rings. The summed E-state index contributed by atoms with van der Waals surface area (Å²) in [6.45, 7) is 8.03. The van der Waals surface area contributed by atoms with Crippen molar-refractivity contribution < 1.29 is 13.9 Å². The maximum atomic E-state index is 13.0. The first-order chi connectivity index (χ1) is 10.7. The number of nitrogens with zero attached hydrogens (tertiary/aromatic N) is 2. The quantitative estimate of drug-likeness (QED) is 0.846. The van der Waals surface area contributed by atoms with E-state index in [1.165, 1.54) is 12.1 Å². The fourth-order valence-electron chi connectivity index (χ4n) is 2.81. The third-order valence-corrected chi connectivity index (χ3v) is 4.07. The zero-order chi connectivity index (χ0) is 17.0. The first kappa shape index (κ1) is 17.6. The van der Waals surface area contributed by atoms with Gasteiger partial charge in [-0.2, -0.15) is 0 Å². The van der Waals surface area contributed by atoms with Crippen LogP contribution in [0, 0.1) is 11.7 Å². The molecule has 0 aromatic heterocycles. The summed E-state index contributed by atoms with van der Waals surface area (Å²) in [6, 6.07) is 6.56. The lowest BCUT2D eigenvalue weighted by Crippen LogP contribution is -2.43. The van der Waals surface area contributed by atoms with Crippen molar-refractivity contribution in [2.24, 2.45) is 5.92 Å². The second kappa shape index (κ2) is 7.20. The number of rotatable bonds is 3. The van der Waals surface area contributed by atoms with Crippen molar-refractivity contribution in [2.75, 3.05) is 31.6 Å². The van der Waals surface area contributed by atoms with Gasteiger partial charge in [-0.15, -0.1) is 0 Å². The number of halogens is 1. The molecule has 1 heterocycles. The van der Waals surface area contributed by atoms with Crippen molar-refractivity contribution >= 4 is 11.8 Å². The van der Waals surface area contributed by atoms with Crippen LogP contribution in [0.25, 0.3) is 0 Å². The van der Waals surface area contributed by atoms with Crippen LogP contribution in [0.15, 0.2) is 24.3 Å². The Bertz CT molecular complexity index is 517. The van der Waals surface area contributed by atoms with Crippen molar-refractivity contribution in [3.05, 3.63) is 30.1 Å². The van der Waals surface area contributed by atoms with Crippen molar-refractivity contribution in [3.8, 4) is 0 Å². The van der Waals surface area contributed by atoms with E-state index in [1.807, 2.05) is 27.8 Å². The Labute approximate surface area is 138 Å². The number of hydrogen-bond donors (Lipinski definition) is 0. The minimum absolute atomic E-state index is 0.215. The molecule has 4 nitrogen and oxygen atoms in total. The van der Waals surface area contributed by atoms with Crippen molar-refractivity contribution in [3.63, 3.8) is 0 Å². The number of piperidine rings is 1. The molecule has 0 N–H and O–H groups in total. The van der Waals surface area contributed by atoms with E-state index in [4.69, 9.17) is 4.74 Å². The zero-order valence-corrected chi connectivity index (χ0v) is 14.5. The van der Waals surface area contributed by atoms with E-state index in [1.54, 1.807) is 17.0 Å². The van der Waals surface area contributed by atoms with Crippen LogP contribution in [0.1, 0.15) is 33.6 Å². The Hall–Kier alpha value is -1.78. The van der Waals surface area contributed by atoms with Gasteiger partial charge in [0.2, 0.25) is 0 Å². The molecule has 23 heavy (non-hydrogen) atoms. The van der Waals surface area contributed by atoms with Crippen LogP contribution in [0.2, 0.25) is 0 Å². The first-order valence-corrected chi connectivity index (χ1v) is 8.19. The molecule has 0 spiro atoms. The minimum atomic E-state index is -0.448. The molecular formula is C18H27FN2O2. The van der Waals surface area contributed by atoms with Crippen LogP contribution in [-0.2, 0) is 4.74 Å². The molecule has 2 rings (SSSR count). The van der Waals surface area contributed by atoms with Gasteiger partial charge in [-0.3, -0.25) is 0 Å². The summed E-state index contributed by atoms with van der Waals surface area (Å²) >= 11 is 0. The van der Waals surface area contributed by atoms with Crippen molar-refractivity contribution in [1.82, 2.24) is 4.90 Å². The molecule has 0 radical (unpaired) electrons. The van der Waals surface area contributed by atoms with Gasteiger partial charge >= 0.3 is 6.09 Å². The predicted octanol–water partition coefficient (Wildman–Crippen LogP) is 3.91. The number of hydrogen-bond acceptors (Lipinski definition) is 3. The second-order valence-corrected chi connectivity index (χ2v) is 7.27. The Morgan fingerprint density at radius 2 is 1.83 bits per heavy atom. The molecule has 0 aliphatic carbocycles. The van der Waals surface area contributed by atoms with Gasteiger partial charge in [0.1, 0.15) is 11.4 Å². The summed E-state index contributed by atoms with van der Waals surface area (Å²) in [5, 5.41) is 0. The van der Waals surface area contributed by atoms with E-state index in [2.05, 4.69) is 4.90 Å². The van der Waals surface area contributed by atoms with Gasteiger partial charge in [-0.1, -0.05) is 0 Å². The molecule has 5 heteroatoms. The van der Waals surface area contributed by atoms with Crippen LogP contribution >= 0.6 is 0 Å². The molecule has 1 aromatic carbocycles. The lowest BCUT2D eigenvalue weighted by molar-refractivity contribution is 0.0186. The highest BCUT2D eigenvalue weighted by Crippen LogP contribution is 2.22. The largest absolute Gasteiger partial charge is 0.444 e. The number of benzene rings is 1. The number of amides is 1. The van der Waals surface area contributed by atoms with E-state index >= 15 is 0 Å². The minimum Gasteiger partial charge on any atom is -0.444 e. The van der Waals surface area contributed by atoms with Crippen LogP contribution in [0.3, 0.4) is 0 Å². The lowest BCUT2D eigenvalue weighted by atomic mass is 9.96. The molecule has 1 fully saturated rings. The second-order valence-electron chi connectivity index (χ2n) is 7.27. The summed E-state index contributed by atoms with van der Waals surface area (Å²) in [7, 11) is 2.02. The Morgan fingerprint density at radius 1 is 1.26 bits per heavy atom. The maximum Gasteiger partial charge on any atom is 0.410 e. The van der Waals surface area contributed by atoms with Gasteiger partial charge in [0.05, 0.1) is 0 Å². The molecular weight excluding hydrogens is 295 g/mol. The molecule has 1 saturated heterocycles. The van der Waals surface area contributed by atoms with E-state index < -0.39 is 5.60 Å². The zero-order valence-electron chi connectivity index (χ0n) is 14.5. The third kappa shape index (κ3) is 5.41. The third-order valence-electron chi connectivity index (χ3n) is 4.07. The van der Waals surface area contributed by atoms with Crippen molar-refractivity contribution in [1.29, 1.82) is 0 Å². The van der Waals surface area contributed by atoms with E-state index in [-0.39, 0.29) is 11.9 Å². The number of carbonyl (C=O) groups excluding carboxylic acids is 1. The van der Waals surface area contributed by atoms with Crippen LogP contribution in [0.5, 0.6) is 0 Å². The highest BCUT2D eigenvalue weighted by atomic mass is 19.1. The average molecular weight is 322 g/mol. The summed E-state index contributed by atoms with van der Waals surface area (Å²) in [6.07, 6.45) is 1.71. The topological polar surface area (TPSA) is 32.8 Å². The smallest absolute Gasteiger partial charge is 0.410 e. The summed E-state index contributed by atoms with van der Waals surface area (Å²) in [4.78, 5) is 16.0. The highest BCUT2D eigenvalue weighted by molar-refractivity contribution is 5.68. The molecule has 0 unspecified atom stereocenters. The summed E-state index contributed by atoms with van der Waals surface area (Å²) < 4.78 is 18.4. The number of anilines is 1. The molecule has 1 amide bonds. The normalized spacial score (nSPS) is 16.3. The molecule has 0 saturated carbocycles. The standard InChI is InChI=1S/C18H27FN2O2/c1-18(2,3)23-17(22)21-11-9-14(10-12-21)13-20(4)16-7-5-15(19)6-8-16/h5-8,14H,9-13H2,1-4H3. The number of carbonyl (C=O) groups is 1. The van der Waals surface area contributed by atoms with Gasteiger partial charge in [0, 0.05) is 32.4 Å². The predicted molar refractivity (Wildman–Crippen MR) is 90.2 cm³/mol. The van der Waals surface area contributed by atoms with E-state index in [9.17, 15) is 9.18 Å². The number of likely N-dealkylation sites (tertiary alicyclic amines) is 1. The van der Waals surface area contributed by atoms with Gasteiger partial charge in [0.15, 0.2) is 0 Å². The van der Waals surface area contributed by atoms with Crippen LogP contribution < -0.4 is 4.90 Å². The van der Waals surface area contributed by atoms with Crippen molar-refractivity contribution in [2.45, 2.75) is 39.2 Å². The van der Waals surface area contributed by atoms with Crippen LogP contribution in [0.4, 0.5) is 14.9 Å². The van der Waals surface area contributed by atoms with Gasteiger partial charge in [-0.05, 0) is 63.8 Å².